The number of benzene rings is 1. The minimum Gasteiger partial charge on any atom is -0.467 e. The summed E-state index contributed by atoms with van der Waals surface area (Å²) in [5.74, 6) is 0.333. The number of carbonyl (C=O) groups is 2. The van der Waals surface area contributed by atoms with Gasteiger partial charge in [0, 0.05) is 0 Å². The molecule has 1 amide bonds. The van der Waals surface area contributed by atoms with E-state index in [-0.39, 0.29) is 23.1 Å². The van der Waals surface area contributed by atoms with E-state index in [0.717, 1.165) is 6.42 Å². The number of hydrogen-bond donors (Lipinski definition) is 2. The van der Waals surface area contributed by atoms with Gasteiger partial charge < -0.3 is 15.0 Å². The number of aromatic amines is 1. The first kappa shape index (κ1) is 20.0. The number of nitrogens with one attached hydrogen (secondary N) is 2. The number of aromatic nitrogens is 2. The van der Waals surface area contributed by atoms with Crippen LogP contribution in [-0.4, -0.2) is 40.7 Å². The lowest BCUT2D eigenvalue weighted by Gasteiger charge is -2.21. The van der Waals surface area contributed by atoms with E-state index in [2.05, 4.69) is 15.3 Å². The van der Waals surface area contributed by atoms with Gasteiger partial charge in [-0.15, -0.1) is 11.8 Å². The number of fused-ring (bicyclic) bond motifs is 1. The van der Waals surface area contributed by atoms with Gasteiger partial charge in [-0.1, -0.05) is 32.4 Å². The maximum absolute atomic E-state index is 12.1. The number of rotatable bonds is 8. The van der Waals surface area contributed by atoms with E-state index in [9.17, 15) is 14.4 Å². The van der Waals surface area contributed by atoms with E-state index in [1.54, 1.807) is 18.2 Å². The molecule has 2 atom stereocenters. The van der Waals surface area contributed by atoms with Crippen LogP contribution in [0.15, 0.2) is 29.1 Å². The van der Waals surface area contributed by atoms with Crippen molar-refractivity contribution in [1.82, 2.24) is 15.3 Å². The molecule has 2 unspecified atom stereocenters. The monoisotopic (exact) mass is 377 g/mol. The van der Waals surface area contributed by atoms with Gasteiger partial charge >= 0.3 is 5.97 Å². The molecule has 0 bridgehead atoms. The molecule has 1 aromatic carbocycles. The van der Waals surface area contributed by atoms with Crippen LogP contribution in [0, 0.1) is 5.92 Å². The Bertz CT molecular complexity index is 837. The zero-order chi connectivity index (χ0) is 19.1. The molecule has 0 saturated carbocycles. The number of amides is 1. The van der Waals surface area contributed by atoms with Crippen LogP contribution < -0.4 is 10.9 Å². The van der Waals surface area contributed by atoms with Gasteiger partial charge in [-0.05, 0) is 18.1 Å². The SMILES string of the molecule is CCC(C)C(NC(=O)CSCc1nc2ccccc2c(=O)[nH]1)C(=O)OC. The Kier molecular flexibility index (Phi) is 7.20. The van der Waals surface area contributed by atoms with E-state index < -0.39 is 12.0 Å². The summed E-state index contributed by atoms with van der Waals surface area (Å²) in [6.45, 7) is 3.84. The lowest BCUT2D eigenvalue weighted by Crippen LogP contribution is -2.46. The van der Waals surface area contributed by atoms with E-state index in [1.807, 2.05) is 19.9 Å². The van der Waals surface area contributed by atoms with Gasteiger partial charge in [0.05, 0.1) is 29.5 Å². The Morgan fingerprint density at radius 1 is 1.35 bits per heavy atom. The Balaban J connectivity index is 1.93. The molecule has 0 aliphatic carbocycles. The number of nitrogens with zero attached hydrogens (tertiary/aromatic N) is 1. The highest BCUT2D eigenvalue weighted by molar-refractivity contribution is 7.99. The van der Waals surface area contributed by atoms with Crippen LogP contribution in [-0.2, 0) is 20.1 Å². The third kappa shape index (κ3) is 5.08. The molecule has 0 saturated heterocycles. The van der Waals surface area contributed by atoms with Crippen molar-refractivity contribution in [3.63, 3.8) is 0 Å². The van der Waals surface area contributed by atoms with Gasteiger partial charge in [0.15, 0.2) is 0 Å². The van der Waals surface area contributed by atoms with Crippen molar-refractivity contribution >= 4 is 34.5 Å². The Hall–Kier alpha value is -2.35. The fourth-order valence-electron chi connectivity index (χ4n) is 2.45. The largest absolute Gasteiger partial charge is 0.467 e. The maximum atomic E-state index is 12.1. The Morgan fingerprint density at radius 3 is 2.77 bits per heavy atom. The second-order valence-corrected chi connectivity index (χ2v) is 6.96. The predicted octanol–water partition coefficient (Wildman–Crippen LogP) is 1.86. The molecule has 0 radical (unpaired) electrons. The zero-order valence-corrected chi connectivity index (χ0v) is 15.9. The van der Waals surface area contributed by atoms with Gasteiger partial charge in [0.25, 0.3) is 5.56 Å². The van der Waals surface area contributed by atoms with Crippen LogP contribution in [0.4, 0.5) is 0 Å². The zero-order valence-electron chi connectivity index (χ0n) is 15.1. The normalized spacial score (nSPS) is 13.2. The average molecular weight is 377 g/mol. The second kappa shape index (κ2) is 9.38. The topological polar surface area (TPSA) is 101 Å². The number of thioether (sulfide) groups is 1. The highest BCUT2D eigenvalue weighted by atomic mass is 32.2. The molecule has 140 valence electrons. The fraction of sp³-hybridized carbons (Fsp3) is 0.444. The number of hydrogen-bond acceptors (Lipinski definition) is 6. The lowest BCUT2D eigenvalue weighted by molar-refractivity contribution is -0.146. The van der Waals surface area contributed by atoms with E-state index >= 15 is 0 Å². The third-order valence-corrected chi connectivity index (χ3v) is 5.06. The minimum atomic E-state index is -0.656. The van der Waals surface area contributed by atoms with Crippen molar-refractivity contribution in [3.8, 4) is 0 Å². The van der Waals surface area contributed by atoms with Crippen LogP contribution >= 0.6 is 11.8 Å². The number of methoxy groups -OCH3 is 1. The van der Waals surface area contributed by atoms with E-state index in [1.165, 1.54) is 18.9 Å². The molecule has 1 aromatic heterocycles. The first-order chi connectivity index (χ1) is 12.5. The van der Waals surface area contributed by atoms with Gasteiger partial charge in [-0.3, -0.25) is 9.59 Å². The van der Waals surface area contributed by atoms with Crippen molar-refractivity contribution in [2.75, 3.05) is 12.9 Å². The Labute approximate surface area is 155 Å². The quantitative estimate of drug-likeness (QED) is 0.681. The number of carbonyl (C=O) groups excluding carboxylic acids is 2. The Morgan fingerprint density at radius 2 is 2.08 bits per heavy atom. The molecule has 2 N–H and O–H groups in total. The van der Waals surface area contributed by atoms with Crippen molar-refractivity contribution in [2.45, 2.75) is 32.1 Å². The summed E-state index contributed by atoms with van der Waals surface area (Å²) in [4.78, 5) is 43.1. The molecule has 2 rings (SSSR count). The molecule has 0 spiro atoms. The summed E-state index contributed by atoms with van der Waals surface area (Å²) in [7, 11) is 1.31. The molecule has 2 aromatic rings. The molecule has 1 heterocycles. The van der Waals surface area contributed by atoms with E-state index in [0.29, 0.717) is 22.5 Å². The maximum Gasteiger partial charge on any atom is 0.328 e. The van der Waals surface area contributed by atoms with Crippen molar-refractivity contribution < 1.29 is 14.3 Å². The van der Waals surface area contributed by atoms with Gasteiger partial charge in [-0.2, -0.15) is 0 Å². The number of ether oxygens (including phenoxy) is 1. The van der Waals surface area contributed by atoms with Crippen molar-refractivity contribution in [3.05, 3.63) is 40.4 Å². The smallest absolute Gasteiger partial charge is 0.328 e. The van der Waals surface area contributed by atoms with Gasteiger partial charge in [0.2, 0.25) is 5.91 Å². The van der Waals surface area contributed by atoms with E-state index in [4.69, 9.17) is 4.74 Å². The fourth-order valence-corrected chi connectivity index (χ4v) is 3.16. The summed E-state index contributed by atoms with van der Waals surface area (Å²) in [5, 5.41) is 3.25. The molecular formula is C18H23N3O4S. The summed E-state index contributed by atoms with van der Waals surface area (Å²) in [6.07, 6.45) is 0.745. The molecule has 0 aliphatic rings. The summed E-state index contributed by atoms with van der Waals surface area (Å²) in [6, 6.07) is 6.44. The van der Waals surface area contributed by atoms with Crippen LogP contribution in [0.2, 0.25) is 0 Å². The van der Waals surface area contributed by atoms with Crippen molar-refractivity contribution in [1.29, 1.82) is 0 Å². The average Bonchev–Trinajstić information content (AvgIpc) is 2.65. The molecule has 0 fully saturated rings. The summed E-state index contributed by atoms with van der Waals surface area (Å²) in [5.41, 5.74) is 0.428. The number of para-hydroxylation sites is 1. The highest BCUT2D eigenvalue weighted by Crippen LogP contribution is 2.13. The van der Waals surface area contributed by atoms with Gasteiger partial charge in [-0.25, -0.2) is 9.78 Å². The van der Waals surface area contributed by atoms with Crippen LogP contribution in [0.3, 0.4) is 0 Å². The second-order valence-electron chi connectivity index (χ2n) is 5.98. The lowest BCUT2D eigenvalue weighted by atomic mass is 9.99. The predicted molar refractivity (Wildman–Crippen MR) is 102 cm³/mol. The summed E-state index contributed by atoms with van der Waals surface area (Å²) < 4.78 is 4.75. The van der Waals surface area contributed by atoms with Crippen LogP contribution in [0.1, 0.15) is 26.1 Å². The number of H-pyrrole nitrogens is 1. The molecular weight excluding hydrogens is 354 g/mol. The summed E-state index contributed by atoms with van der Waals surface area (Å²) >= 11 is 1.32. The molecule has 26 heavy (non-hydrogen) atoms. The third-order valence-electron chi connectivity index (χ3n) is 4.12. The highest BCUT2D eigenvalue weighted by Gasteiger charge is 2.26. The molecule has 8 heteroatoms. The van der Waals surface area contributed by atoms with Crippen molar-refractivity contribution in [2.24, 2.45) is 5.92 Å². The van der Waals surface area contributed by atoms with Crippen LogP contribution in [0.5, 0.6) is 0 Å². The minimum absolute atomic E-state index is 0.0186. The first-order valence-corrected chi connectivity index (χ1v) is 9.54. The first-order valence-electron chi connectivity index (χ1n) is 8.39. The standard InChI is InChI=1S/C18H23N3O4S/c1-4-11(2)16(18(24)25-3)21-15(22)10-26-9-14-19-13-8-6-5-7-12(13)17(23)20-14/h5-8,11,16H,4,9-10H2,1-3H3,(H,21,22)(H,19,20,23). The van der Waals surface area contributed by atoms with Gasteiger partial charge in [0.1, 0.15) is 11.9 Å². The number of esters is 1. The molecule has 0 aliphatic heterocycles. The molecule has 7 nitrogen and oxygen atoms in total. The van der Waals surface area contributed by atoms with Crippen LogP contribution in [0.25, 0.3) is 10.9 Å².